The van der Waals surface area contributed by atoms with Crippen LogP contribution in [0.15, 0.2) is 24.4 Å². The predicted molar refractivity (Wildman–Crippen MR) is 63.0 cm³/mol. The Balaban J connectivity index is 2.47. The Morgan fingerprint density at radius 1 is 1.37 bits per heavy atom. The minimum absolute atomic E-state index is 0.0267. The van der Waals surface area contributed by atoms with E-state index in [1.54, 1.807) is 6.07 Å². The zero-order valence-electron chi connectivity index (χ0n) is 9.33. The van der Waals surface area contributed by atoms with E-state index in [4.69, 9.17) is 16.9 Å². The Morgan fingerprint density at radius 3 is 2.74 bits per heavy atom. The van der Waals surface area contributed by atoms with E-state index in [1.165, 1.54) is 18.3 Å². The van der Waals surface area contributed by atoms with E-state index in [0.717, 1.165) is 0 Å². The molecule has 98 valence electrons. The van der Waals surface area contributed by atoms with E-state index in [1.807, 2.05) is 6.07 Å². The van der Waals surface area contributed by atoms with Gasteiger partial charge in [0.15, 0.2) is 6.61 Å². The molecule has 1 aromatic heterocycles. The zero-order chi connectivity index (χ0) is 14.0. The molecular weight excluding hydrogens is 281 g/mol. The third kappa shape index (κ3) is 2.88. The van der Waals surface area contributed by atoms with Gasteiger partial charge in [-0.25, -0.2) is 0 Å². The second kappa shape index (κ2) is 4.94. The lowest BCUT2D eigenvalue weighted by atomic mass is 10.1. The fourth-order valence-electron chi connectivity index (χ4n) is 1.52. The summed E-state index contributed by atoms with van der Waals surface area (Å²) in [6, 6.07) is 6.26. The molecule has 3 nitrogen and oxygen atoms in total. The van der Waals surface area contributed by atoms with Gasteiger partial charge in [0.1, 0.15) is 17.3 Å². The molecule has 0 fully saturated rings. The summed E-state index contributed by atoms with van der Waals surface area (Å²) in [6.07, 6.45) is -3.23. The molecule has 0 amide bonds. The maximum atomic E-state index is 12.1. The highest BCUT2D eigenvalue weighted by Gasteiger charge is 2.28. The topological polar surface area (TPSA) is 45.9 Å². The number of halogens is 4. The van der Waals surface area contributed by atoms with E-state index in [2.05, 4.69) is 9.72 Å². The van der Waals surface area contributed by atoms with Crippen LogP contribution in [0, 0.1) is 11.3 Å². The first-order valence-electron chi connectivity index (χ1n) is 5.09. The van der Waals surface area contributed by atoms with Crippen molar-refractivity contribution in [3.8, 4) is 11.8 Å². The van der Waals surface area contributed by atoms with Crippen LogP contribution in [-0.2, 0) is 0 Å². The first kappa shape index (κ1) is 13.4. The molecule has 0 atom stereocenters. The number of hydrogen-bond donors (Lipinski definition) is 0. The maximum absolute atomic E-state index is 12.1. The number of para-hydroxylation sites is 1. The van der Waals surface area contributed by atoms with Crippen LogP contribution in [0.5, 0.6) is 5.75 Å². The minimum atomic E-state index is -4.43. The van der Waals surface area contributed by atoms with Gasteiger partial charge in [-0.05, 0) is 6.07 Å². The van der Waals surface area contributed by atoms with E-state index < -0.39 is 12.8 Å². The summed E-state index contributed by atoms with van der Waals surface area (Å²) in [5.41, 5.74) is 0.345. The van der Waals surface area contributed by atoms with Gasteiger partial charge < -0.3 is 4.74 Å². The quantitative estimate of drug-likeness (QED) is 0.845. The number of aromatic nitrogens is 1. The van der Waals surface area contributed by atoms with Gasteiger partial charge in [0.2, 0.25) is 0 Å². The molecule has 0 spiro atoms. The third-order valence-corrected chi connectivity index (χ3v) is 2.71. The van der Waals surface area contributed by atoms with Crippen molar-refractivity contribution in [1.29, 1.82) is 5.26 Å². The second-order valence-electron chi connectivity index (χ2n) is 3.65. The molecule has 1 aromatic carbocycles. The average Bonchev–Trinajstić information content (AvgIpc) is 2.36. The Hall–Kier alpha value is -2.00. The van der Waals surface area contributed by atoms with E-state index >= 15 is 0 Å². The fraction of sp³-hybridized carbons (Fsp3) is 0.167. The first-order valence-corrected chi connectivity index (χ1v) is 5.47. The summed E-state index contributed by atoms with van der Waals surface area (Å²) in [4.78, 5) is 3.91. The van der Waals surface area contributed by atoms with Crippen LogP contribution < -0.4 is 4.74 Å². The third-order valence-electron chi connectivity index (χ3n) is 2.31. The van der Waals surface area contributed by atoms with Gasteiger partial charge >= 0.3 is 6.18 Å². The van der Waals surface area contributed by atoms with Crippen molar-refractivity contribution in [2.75, 3.05) is 6.61 Å². The number of hydrogen-bond acceptors (Lipinski definition) is 3. The van der Waals surface area contributed by atoms with E-state index in [0.29, 0.717) is 5.39 Å². The minimum Gasteiger partial charge on any atom is -0.482 e. The predicted octanol–water partition coefficient (Wildman–Crippen LogP) is 3.70. The number of nitrogens with zero attached hydrogens (tertiary/aromatic N) is 2. The van der Waals surface area contributed by atoms with Crippen molar-refractivity contribution in [2.24, 2.45) is 0 Å². The number of pyridine rings is 1. The molecule has 0 unspecified atom stereocenters. The lowest BCUT2D eigenvalue weighted by Crippen LogP contribution is -2.19. The standard InChI is InChI=1S/C12H6ClF3N2O/c13-10-7(4-17)5-18-11-8(10)2-1-3-9(11)19-6-12(14,15)16/h1-3,5H,6H2. The summed E-state index contributed by atoms with van der Waals surface area (Å²) in [5, 5.41) is 9.32. The van der Waals surface area contributed by atoms with Gasteiger partial charge in [-0.2, -0.15) is 18.4 Å². The molecule has 0 saturated carbocycles. The van der Waals surface area contributed by atoms with Crippen molar-refractivity contribution in [3.05, 3.63) is 35.0 Å². The summed E-state index contributed by atoms with van der Waals surface area (Å²) >= 11 is 5.96. The first-order chi connectivity index (χ1) is 8.92. The lowest BCUT2D eigenvalue weighted by molar-refractivity contribution is -0.153. The van der Waals surface area contributed by atoms with Gasteiger partial charge in [-0.1, -0.05) is 23.7 Å². The Labute approximate surface area is 111 Å². The van der Waals surface area contributed by atoms with Crippen molar-refractivity contribution >= 4 is 22.5 Å². The molecule has 0 aliphatic rings. The molecular formula is C12H6ClF3N2O. The van der Waals surface area contributed by atoms with Gasteiger partial charge in [0.05, 0.1) is 10.6 Å². The van der Waals surface area contributed by atoms with Crippen LogP contribution in [0.4, 0.5) is 13.2 Å². The molecule has 19 heavy (non-hydrogen) atoms. The number of alkyl halides is 3. The second-order valence-corrected chi connectivity index (χ2v) is 4.03. The maximum Gasteiger partial charge on any atom is 0.422 e. The van der Waals surface area contributed by atoms with Crippen LogP contribution in [0.25, 0.3) is 10.9 Å². The molecule has 0 N–H and O–H groups in total. The number of ether oxygens (including phenoxy) is 1. The summed E-state index contributed by atoms with van der Waals surface area (Å²) in [6.45, 7) is -1.41. The summed E-state index contributed by atoms with van der Waals surface area (Å²) < 4.78 is 41.1. The molecule has 2 rings (SSSR count). The summed E-state index contributed by atoms with van der Waals surface area (Å²) in [7, 11) is 0. The number of nitriles is 1. The number of fused-ring (bicyclic) bond motifs is 1. The van der Waals surface area contributed by atoms with Crippen molar-refractivity contribution in [2.45, 2.75) is 6.18 Å². The molecule has 0 radical (unpaired) electrons. The summed E-state index contributed by atoms with van der Waals surface area (Å²) in [5.74, 6) is -0.0267. The highest BCUT2D eigenvalue weighted by molar-refractivity contribution is 6.36. The molecule has 1 heterocycles. The molecule has 0 aliphatic heterocycles. The fourth-order valence-corrected chi connectivity index (χ4v) is 1.76. The van der Waals surface area contributed by atoms with E-state index in [9.17, 15) is 13.2 Å². The Bertz CT molecular complexity index is 664. The van der Waals surface area contributed by atoms with Gasteiger partial charge in [0, 0.05) is 11.6 Å². The molecule has 0 saturated heterocycles. The lowest BCUT2D eigenvalue weighted by Gasteiger charge is -2.11. The van der Waals surface area contributed by atoms with Crippen LogP contribution in [0.3, 0.4) is 0 Å². The molecule has 7 heteroatoms. The monoisotopic (exact) mass is 286 g/mol. The van der Waals surface area contributed by atoms with Crippen LogP contribution in [-0.4, -0.2) is 17.8 Å². The normalized spacial score (nSPS) is 11.3. The van der Waals surface area contributed by atoms with E-state index in [-0.39, 0.29) is 21.9 Å². The van der Waals surface area contributed by atoms with Crippen molar-refractivity contribution in [1.82, 2.24) is 4.98 Å². The molecule has 0 aliphatic carbocycles. The Kier molecular flexibility index (Phi) is 3.49. The van der Waals surface area contributed by atoms with Gasteiger partial charge in [-0.3, -0.25) is 4.98 Å². The smallest absolute Gasteiger partial charge is 0.422 e. The van der Waals surface area contributed by atoms with Crippen molar-refractivity contribution in [3.63, 3.8) is 0 Å². The Morgan fingerprint density at radius 2 is 2.11 bits per heavy atom. The average molecular weight is 287 g/mol. The zero-order valence-corrected chi connectivity index (χ0v) is 10.1. The van der Waals surface area contributed by atoms with Gasteiger partial charge in [0.25, 0.3) is 0 Å². The number of benzene rings is 1. The number of rotatable bonds is 2. The molecule has 0 bridgehead atoms. The van der Waals surface area contributed by atoms with Crippen molar-refractivity contribution < 1.29 is 17.9 Å². The highest BCUT2D eigenvalue weighted by atomic mass is 35.5. The SMILES string of the molecule is N#Cc1cnc2c(OCC(F)(F)F)cccc2c1Cl. The molecule has 2 aromatic rings. The highest BCUT2D eigenvalue weighted by Crippen LogP contribution is 2.31. The largest absolute Gasteiger partial charge is 0.482 e. The van der Waals surface area contributed by atoms with Gasteiger partial charge in [-0.15, -0.1) is 0 Å². The van der Waals surface area contributed by atoms with Crippen LogP contribution >= 0.6 is 11.6 Å². The van der Waals surface area contributed by atoms with Crippen LogP contribution in [0.1, 0.15) is 5.56 Å². The van der Waals surface area contributed by atoms with Crippen LogP contribution in [0.2, 0.25) is 5.02 Å².